The molecule has 0 atom stereocenters. The molecule has 2 heterocycles. The summed E-state index contributed by atoms with van der Waals surface area (Å²) < 4.78 is 0. The predicted octanol–water partition coefficient (Wildman–Crippen LogP) is 4.44. The topological polar surface area (TPSA) is 67.3 Å². The highest BCUT2D eigenvalue weighted by Crippen LogP contribution is 2.34. The van der Waals surface area contributed by atoms with E-state index in [0.29, 0.717) is 12.1 Å². The Hall–Kier alpha value is -1.54. The normalized spacial score (nSPS) is 25.3. The lowest BCUT2D eigenvalue weighted by Gasteiger charge is -2.41. The largest absolute Gasteiger partial charge is 0.480 e. The van der Waals surface area contributed by atoms with Crippen LogP contribution in [0.1, 0.15) is 62.5 Å². The summed E-state index contributed by atoms with van der Waals surface area (Å²) in [5.74, 6) is -0.716. The molecule has 9 heteroatoms. The molecule has 3 fully saturated rings. The Morgan fingerprint density at radius 2 is 1.56 bits per heavy atom. The van der Waals surface area contributed by atoms with Gasteiger partial charge >= 0.3 is 12.0 Å². The monoisotopic (exact) mass is 540 g/mol. The van der Waals surface area contributed by atoms with Gasteiger partial charge in [0.2, 0.25) is 0 Å². The number of hydrogen-bond donors (Lipinski definition) is 1. The molecular formula is C27H42Cl2N4O3. The van der Waals surface area contributed by atoms with Gasteiger partial charge < -0.3 is 14.9 Å². The maximum absolute atomic E-state index is 13.4. The number of halogens is 2. The number of fused-ring (bicyclic) bond motifs is 1. The molecule has 0 aromatic heterocycles. The van der Waals surface area contributed by atoms with Crippen molar-refractivity contribution in [1.82, 2.24) is 14.7 Å². The highest BCUT2D eigenvalue weighted by atomic mass is 35.5. The Labute approximate surface area is 228 Å². The van der Waals surface area contributed by atoms with Crippen LogP contribution in [0, 0.1) is 0 Å². The van der Waals surface area contributed by atoms with Crippen LogP contribution >= 0.6 is 24.8 Å². The van der Waals surface area contributed by atoms with Gasteiger partial charge in [0.05, 0.1) is 6.54 Å². The SMILES string of the molecule is CN1CCc2ccc(N3CCN(C4CCC(N(CC(=O)O)C5CCCC5)CC4)C3=O)cc2CC1.Cl.Cl. The average Bonchev–Trinajstić information content (AvgIpc) is 3.46. The van der Waals surface area contributed by atoms with Crippen LogP contribution in [0.2, 0.25) is 0 Å². The smallest absolute Gasteiger partial charge is 0.324 e. The summed E-state index contributed by atoms with van der Waals surface area (Å²) in [7, 11) is 2.18. The fourth-order valence-corrected chi connectivity index (χ4v) is 6.77. The number of anilines is 1. The molecule has 2 aliphatic carbocycles. The van der Waals surface area contributed by atoms with E-state index < -0.39 is 5.97 Å². The minimum absolute atomic E-state index is 0. The summed E-state index contributed by atoms with van der Waals surface area (Å²) in [5, 5.41) is 9.47. The van der Waals surface area contributed by atoms with Crippen LogP contribution in [0.25, 0.3) is 0 Å². The number of carboxylic acid groups (broad SMARTS) is 1. The van der Waals surface area contributed by atoms with Gasteiger partial charge in [-0.05, 0) is 81.7 Å². The number of carboxylic acids is 1. The van der Waals surface area contributed by atoms with Crippen LogP contribution in [0.3, 0.4) is 0 Å². The third kappa shape index (κ3) is 6.29. The summed E-state index contributed by atoms with van der Waals surface area (Å²) in [6, 6.07) is 7.80. The first-order valence-corrected chi connectivity index (χ1v) is 13.4. The van der Waals surface area contributed by atoms with E-state index in [-0.39, 0.29) is 43.4 Å². The first-order chi connectivity index (χ1) is 16.5. The fourth-order valence-electron chi connectivity index (χ4n) is 6.77. The zero-order chi connectivity index (χ0) is 23.7. The summed E-state index contributed by atoms with van der Waals surface area (Å²) in [6.07, 6.45) is 10.7. The van der Waals surface area contributed by atoms with Crippen molar-refractivity contribution in [1.29, 1.82) is 0 Å². The summed E-state index contributed by atoms with van der Waals surface area (Å²) in [4.78, 5) is 33.6. The quantitative estimate of drug-likeness (QED) is 0.577. The number of hydrogen-bond acceptors (Lipinski definition) is 4. The average molecular weight is 542 g/mol. The molecule has 202 valence electrons. The molecule has 4 aliphatic rings. The van der Waals surface area contributed by atoms with E-state index in [1.54, 1.807) is 0 Å². The second kappa shape index (κ2) is 12.8. The molecular weight excluding hydrogens is 499 g/mol. The van der Waals surface area contributed by atoms with Gasteiger partial charge in [0.15, 0.2) is 0 Å². The molecule has 7 nitrogen and oxygen atoms in total. The van der Waals surface area contributed by atoms with Crippen molar-refractivity contribution in [3.05, 3.63) is 29.3 Å². The molecule has 2 amide bonds. The van der Waals surface area contributed by atoms with Gasteiger partial charge in [-0.15, -0.1) is 24.8 Å². The highest BCUT2D eigenvalue weighted by Gasteiger charge is 2.39. The van der Waals surface area contributed by atoms with Gasteiger partial charge in [-0.1, -0.05) is 18.9 Å². The number of amides is 2. The Bertz CT molecular complexity index is 903. The first-order valence-electron chi connectivity index (χ1n) is 13.4. The zero-order valence-electron chi connectivity index (χ0n) is 21.4. The van der Waals surface area contributed by atoms with E-state index in [2.05, 4.69) is 39.9 Å². The molecule has 1 N–H and O–H groups in total. The van der Waals surface area contributed by atoms with E-state index in [1.807, 2.05) is 4.90 Å². The Morgan fingerprint density at radius 1 is 0.917 bits per heavy atom. The van der Waals surface area contributed by atoms with Crippen molar-refractivity contribution < 1.29 is 14.7 Å². The van der Waals surface area contributed by atoms with Gasteiger partial charge in [0.25, 0.3) is 0 Å². The molecule has 36 heavy (non-hydrogen) atoms. The minimum Gasteiger partial charge on any atom is -0.480 e. The van der Waals surface area contributed by atoms with Crippen molar-refractivity contribution in [3.8, 4) is 0 Å². The van der Waals surface area contributed by atoms with Gasteiger partial charge in [-0.3, -0.25) is 14.6 Å². The number of benzene rings is 1. The van der Waals surface area contributed by atoms with Gasteiger partial charge in [-0.25, -0.2) is 4.79 Å². The molecule has 0 unspecified atom stereocenters. The van der Waals surface area contributed by atoms with Crippen LogP contribution in [-0.4, -0.2) is 89.7 Å². The maximum atomic E-state index is 13.4. The van der Waals surface area contributed by atoms with E-state index in [4.69, 9.17) is 0 Å². The van der Waals surface area contributed by atoms with E-state index in [0.717, 1.165) is 83.2 Å². The van der Waals surface area contributed by atoms with Crippen molar-refractivity contribution >= 4 is 42.5 Å². The van der Waals surface area contributed by atoms with Crippen molar-refractivity contribution in [2.75, 3.05) is 44.7 Å². The minimum atomic E-state index is -0.716. The number of likely N-dealkylation sites (N-methyl/N-ethyl adjacent to an activating group) is 1. The van der Waals surface area contributed by atoms with E-state index >= 15 is 0 Å². The van der Waals surface area contributed by atoms with Gasteiger partial charge in [0, 0.05) is 50.0 Å². The Balaban J connectivity index is 0.00000180. The molecule has 2 saturated carbocycles. The van der Waals surface area contributed by atoms with Crippen molar-refractivity contribution in [2.45, 2.75) is 82.3 Å². The third-order valence-electron chi connectivity index (χ3n) is 8.76. The third-order valence-corrected chi connectivity index (χ3v) is 8.76. The van der Waals surface area contributed by atoms with Crippen LogP contribution in [0.4, 0.5) is 10.5 Å². The molecule has 0 bridgehead atoms. The number of carbonyl (C=O) groups excluding carboxylic acids is 1. The van der Waals surface area contributed by atoms with Crippen molar-refractivity contribution in [2.24, 2.45) is 0 Å². The number of carbonyl (C=O) groups is 2. The number of urea groups is 1. The van der Waals surface area contributed by atoms with Crippen LogP contribution < -0.4 is 4.90 Å². The molecule has 1 saturated heterocycles. The summed E-state index contributed by atoms with van der Waals surface area (Å²) >= 11 is 0. The standard InChI is InChI=1S/C27H40N4O3.2ClH/c1-28-14-12-20-6-7-25(18-21(20)13-15-28)30-17-16-29(27(30)34)23-8-10-24(11-9-23)31(19-26(32)33)22-4-2-3-5-22;;/h6-7,18,22-24H,2-5,8-17,19H2,1H3,(H,32,33);2*1H. The second-order valence-electron chi connectivity index (χ2n) is 10.9. The maximum Gasteiger partial charge on any atom is 0.324 e. The van der Waals surface area contributed by atoms with Crippen molar-refractivity contribution in [3.63, 3.8) is 0 Å². The molecule has 1 aromatic rings. The zero-order valence-corrected chi connectivity index (χ0v) is 23.1. The van der Waals surface area contributed by atoms with Crippen LogP contribution in [0.15, 0.2) is 18.2 Å². The number of aliphatic carboxylic acids is 1. The number of rotatable bonds is 6. The Morgan fingerprint density at radius 3 is 2.22 bits per heavy atom. The molecule has 1 aromatic carbocycles. The van der Waals surface area contributed by atoms with Gasteiger partial charge in [-0.2, -0.15) is 0 Å². The number of nitrogens with zero attached hydrogens (tertiary/aromatic N) is 4. The van der Waals surface area contributed by atoms with Crippen LogP contribution in [-0.2, 0) is 17.6 Å². The molecule has 0 radical (unpaired) electrons. The summed E-state index contributed by atoms with van der Waals surface area (Å²) in [6.45, 7) is 3.86. The first kappa shape index (κ1) is 29.0. The molecule has 5 rings (SSSR count). The Kier molecular flexibility index (Phi) is 10.3. The summed E-state index contributed by atoms with van der Waals surface area (Å²) in [5.41, 5.74) is 3.85. The van der Waals surface area contributed by atoms with E-state index in [1.165, 1.54) is 24.0 Å². The van der Waals surface area contributed by atoms with E-state index in [9.17, 15) is 14.7 Å². The molecule has 0 spiro atoms. The van der Waals surface area contributed by atoms with Crippen LogP contribution in [0.5, 0.6) is 0 Å². The lowest BCUT2D eigenvalue weighted by Crippen LogP contribution is -2.49. The lowest BCUT2D eigenvalue weighted by atomic mass is 9.88. The van der Waals surface area contributed by atoms with Gasteiger partial charge in [0.1, 0.15) is 0 Å². The molecule has 2 aliphatic heterocycles. The fraction of sp³-hybridized carbons (Fsp3) is 0.704. The highest BCUT2D eigenvalue weighted by molar-refractivity contribution is 5.94. The predicted molar refractivity (Wildman–Crippen MR) is 148 cm³/mol. The second-order valence-corrected chi connectivity index (χ2v) is 10.9. The lowest BCUT2D eigenvalue weighted by molar-refractivity contribution is -0.140.